The van der Waals surface area contributed by atoms with Gasteiger partial charge in [-0.3, -0.25) is 0 Å². The lowest BCUT2D eigenvalue weighted by Crippen LogP contribution is -2.38. The van der Waals surface area contributed by atoms with E-state index in [4.69, 9.17) is 10.5 Å². The van der Waals surface area contributed by atoms with E-state index >= 15 is 0 Å². The molecule has 3 atom stereocenters. The lowest BCUT2D eigenvalue weighted by atomic mass is 9.80. The summed E-state index contributed by atoms with van der Waals surface area (Å²) in [6, 6.07) is 0.374. The van der Waals surface area contributed by atoms with Crippen molar-refractivity contribution in [3.8, 4) is 0 Å². The SMILES string of the molecule is COC[C@H]1CC[C@@H](C)CC1N. The summed E-state index contributed by atoms with van der Waals surface area (Å²) in [5, 5.41) is 0. The molecular weight excluding hydrogens is 138 g/mol. The maximum atomic E-state index is 5.98. The van der Waals surface area contributed by atoms with Gasteiger partial charge in [0.2, 0.25) is 0 Å². The van der Waals surface area contributed by atoms with Gasteiger partial charge in [0, 0.05) is 13.2 Å². The lowest BCUT2D eigenvalue weighted by molar-refractivity contribution is 0.107. The molecule has 0 spiro atoms. The second-order valence-corrected chi connectivity index (χ2v) is 3.80. The maximum absolute atomic E-state index is 5.98. The van der Waals surface area contributed by atoms with E-state index in [9.17, 15) is 0 Å². The van der Waals surface area contributed by atoms with Crippen LogP contribution in [0.25, 0.3) is 0 Å². The highest BCUT2D eigenvalue weighted by atomic mass is 16.5. The van der Waals surface area contributed by atoms with E-state index in [1.807, 2.05) is 0 Å². The molecular formula is C9H19NO. The molecule has 0 aromatic carbocycles. The van der Waals surface area contributed by atoms with Crippen LogP contribution in [0.1, 0.15) is 26.2 Å². The van der Waals surface area contributed by atoms with Crippen molar-refractivity contribution in [2.24, 2.45) is 17.6 Å². The topological polar surface area (TPSA) is 35.2 Å². The fourth-order valence-corrected chi connectivity index (χ4v) is 1.91. The van der Waals surface area contributed by atoms with Gasteiger partial charge in [-0.15, -0.1) is 0 Å². The molecule has 1 rings (SSSR count). The first-order valence-corrected chi connectivity index (χ1v) is 4.48. The van der Waals surface area contributed by atoms with Crippen LogP contribution in [0.5, 0.6) is 0 Å². The molecule has 1 fully saturated rings. The first-order chi connectivity index (χ1) is 5.24. The number of methoxy groups -OCH3 is 1. The highest BCUT2D eigenvalue weighted by Gasteiger charge is 2.25. The lowest BCUT2D eigenvalue weighted by Gasteiger charge is -2.31. The molecule has 2 nitrogen and oxygen atoms in total. The first kappa shape index (κ1) is 9.01. The fourth-order valence-electron chi connectivity index (χ4n) is 1.91. The van der Waals surface area contributed by atoms with Crippen molar-refractivity contribution in [2.75, 3.05) is 13.7 Å². The van der Waals surface area contributed by atoms with Gasteiger partial charge in [0.05, 0.1) is 6.61 Å². The average molecular weight is 157 g/mol. The van der Waals surface area contributed by atoms with Gasteiger partial charge in [-0.05, 0) is 24.7 Å². The van der Waals surface area contributed by atoms with Gasteiger partial charge in [-0.2, -0.15) is 0 Å². The van der Waals surface area contributed by atoms with Gasteiger partial charge in [0.15, 0.2) is 0 Å². The van der Waals surface area contributed by atoms with Gasteiger partial charge in [-0.25, -0.2) is 0 Å². The summed E-state index contributed by atoms with van der Waals surface area (Å²) in [6.45, 7) is 3.12. The molecule has 1 aliphatic carbocycles. The Hall–Kier alpha value is -0.0800. The zero-order chi connectivity index (χ0) is 8.27. The Labute approximate surface area is 69.1 Å². The van der Waals surface area contributed by atoms with Gasteiger partial charge in [0.1, 0.15) is 0 Å². The molecule has 1 aliphatic rings. The molecule has 0 aromatic rings. The van der Waals surface area contributed by atoms with Crippen molar-refractivity contribution < 1.29 is 4.74 Å². The second kappa shape index (κ2) is 4.07. The Bertz CT molecular complexity index is 116. The third kappa shape index (κ3) is 2.46. The molecule has 0 heterocycles. The van der Waals surface area contributed by atoms with Crippen molar-refractivity contribution >= 4 is 0 Å². The fraction of sp³-hybridized carbons (Fsp3) is 1.00. The van der Waals surface area contributed by atoms with E-state index in [0.717, 1.165) is 12.5 Å². The molecule has 0 saturated heterocycles. The average Bonchev–Trinajstić information content (AvgIpc) is 1.95. The number of rotatable bonds is 2. The van der Waals surface area contributed by atoms with E-state index in [-0.39, 0.29) is 0 Å². The third-order valence-corrected chi connectivity index (χ3v) is 2.69. The highest BCUT2D eigenvalue weighted by Crippen LogP contribution is 2.27. The zero-order valence-corrected chi connectivity index (χ0v) is 7.55. The van der Waals surface area contributed by atoms with E-state index in [1.54, 1.807) is 7.11 Å². The molecule has 11 heavy (non-hydrogen) atoms. The molecule has 66 valence electrons. The van der Waals surface area contributed by atoms with Crippen LogP contribution < -0.4 is 5.73 Å². The number of ether oxygens (including phenoxy) is 1. The first-order valence-electron chi connectivity index (χ1n) is 4.48. The molecule has 0 aliphatic heterocycles. The monoisotopic (exact) mass is 157 g/mol. The summed E-state index contributed by atoms with van der Waals surface area (Å²) >= 11 is 0. The second-order valence-electron chi connectivity index (χ2n) is 3.80. The molecule has 1 saturated carbocycles. The predicted octanol–water partition coefficient (Wildman–Crippen LogP) is 1.40. The predicted molar refractivity (Wildman–Crippen MR) is 46.4 cm³/mol. The zero-order valence-electron chi connectivity index (χ0n) is 7.55. The molecule has 0 radical (unpaired) electrons. The van der Waals surface area contributed by atoms with Crippen molar-refractivity contribution in [3.05, 3.63) is 0 Å². The molecule has 2 N–H and O–H groups in total. The minimum Gasteiger partial charge on any atom is -0.384 e. The van der Waals surface area contributed by atoms with E-state index in [1.165, 1.54) is 19.3 Å². The van der Waals surface area contributed by atoms with Crippen LogP contribution in [0.4, 0.5) is 0 Å². The molecule has 0 aromatic heterocycles. The third-order valence-electron chi connectivity index (χ3n) is 2.69. The van der Waals surface area contributed by atoms with Crippen LogP contribution >= 0.6 is 0 Å². The van der Waals surface area contributed by atoms with Crippen LogP contribution in [0, 0.1) is 11.8 Å². The van der Waals surface area contributed by atoms with Crippen LogP contribution in [-0.2, 0) is 4.74 Å². The summed E-state index contributed by atoms with van der Waals surface area (Å²) in [5.74, 6) is 1.43. The van der Waals surface area contributed by atoms with Gasteiger partial charge in [-0.1, -0.05) is 13.3 Å². The number of hydrogen-bond acceptors (Lipinski definition) is 2. The Morgan fingerprint density at radius 2 is 2.18 bits per heavy atom. The summed E-state index contributed by atoms with van der Waals surface area (Å²) in [4.78, 5) is 0. The van der Waals surface area contributed by atoms with Crippen molar-refractivity contribution in [1.82, 2.24) is 0 Å². The van der Waals surface area contributed by atoms with Crippen molar-refractivity contribution in [1.29, 1.82) is 0 Å². The summed E-state index contributed by atoms with van der Waals surface area (Å²) in [6.07, 6.45) is 3.74. The molecule has 0 bridgehead atoms. The Balaban J connectivity index is 2.31. The van der Waals surface area contributed by atoms with Gasteiger partial charge < -0.3 is 10.5 Å². The van der Waals surface area contributed by atoms with Gasteiger partial charge in [0.25, 0.3) is 0 Å². The number of nitrogens with two attached hydrogens (primary N) is 1. The van der Waals surface area contributed by atoms with Crippen LogP contribution in [0.15, 0.2) is 0 Å². The molecule has 2 heteroatoms. The summed E-state index contributed by atoms with van der Waals surface area (Å²) < 4.78 is 5.11. The minimum atomic E-state index is 0.374. The smallest absolute Gasteiger partial charge is 0.0505 e. The maximum Gasteiger partial charge on any atom is 0.0505 e. The summed E-state index contributed by atoms with van der Waals surface area (Å²) in [7, 11) is 1.75. The normalized spacial score (nSPS) is 39.0. The van der Waals surface area contributed by atoms with E-state index in [0.29, 0.717) is 12.0 Å². The largest absolute Gasteiger partial charge is 0.384 e. The Morgan fingerprint density at radius 1 is 1.45 bits per heavy atom. The minimum absolute atomic E-state index is 0.374. The Morgan fingerprint density at radius 3 is 2.73 bits per heavy atom. The van der Waals surface area contributed by atoms with Crippen LogP contribution in [-0.4, -0.2) is 19.8 Å². The standard InChI is InChI=1S/C9H19NO/c1-7-3-4-8(6-11-2)9(10)5-7/h7-9H,3-6,10H2,1-2H3/t7-,8-,9?/m1/s1. The van der Waals surface area contributed by atoms with Crippen LogP contribution in [0.3, 0.4) is 0 Å². The van der Waals surface area contributed by atoms with Crippen molar-refractivity contribution in [2.45, 2.75) is 32.2 Å². The van der Waals surface area contributed by atoms with E-state index < -0.39 is 0 Å². The molecule has 0 amide bonds. The molecule has 1 unspecified atom stereocenters. The quantitative estimate of drug-likeness (QED) is 0.657. The van der Waals surface area contributed by atoms with Crippen molar-refractivity contribution in [3.63, 3.8) is 0 Å². The Kier molecular flexibility index (Phi) is 3.34. The van der Waals surface area contributed by atoms with Gasteiger partial charge >= 0.3 is 0 Å². The highest BCUT2D eigenvalue weighted by molar-refractivity contribution is 4.80. The van der Waals surface area contributed by atoms with Crippen LogP contribution in [0.2, 0.25) is 0 Å². The number of hydrogen-bond donors (Lipinski definition) is 1. The summed E-state index contributed by atoms with van der Waals surface area (Å²) in [5.41, 5.74) is 5.98. The van der Waals surface area contributed by atoms with E-state index in [2.05, 4.69) is 6.92 Å².